The summed E-state index contributed by atoms with van der Waals surface area (Å²) in [4.78, 5) is 13.0. The van der Waals surface area contributed by atoms with Crippen molar-refractivity contribution in [3.05, 3.63) is 48.7 Å². The zero-order valence-corrected chi connectivity index (χ0v) is 14.0. The number of nitrogens with one attached hydrogen (secondary N) is 3. The van der Waals surface area contributed by atoms with Gasteiger partial charge in [-0.05, 0) is 24.3 Å². The van der Waals surface area contributed by atoms with Crippen molar-refractivity contribution in [1.29, 1.82) is 0 Å². The zero-order chi connectivity index (χ0) is 17.8. The fourth-order valence-corrected chi connectivity index (χ4v) is 2.57. The summed E-state index contributed by atoms with van der Waals surface area (Å²) in [6.45, 7) is 3.33. The summed E-state index contributed by atoms with van der Waals surface area (Å²) >= 11 is 0. The number of hydrogen-bond donors (Lipinski definition) is 3. The Morgan fingerprint density at radius 3 is 3.00 bits per heavy atom. The van der Waals surface area contributed by atoms with Crippen LogP contribution >= 0.6 is 0 Å². The van der Waals surface area contributed by atoms with Crippen molar-refractivity contribution in [1.82, 2.24) is 40.6 Å². The van der Waals surface area contributed by atoms with E-state index in [4.69, 9.17) is 0 Å². The molecule has 0 atom stereocenters. The predicted molar refractivity (Wildman–Crippen MR) is 96.1 cm³/mol. The number of hydrogen-bond acceptors (Lipinski definition) is 9. The quantitative estimate of drug-likeness (QED) is 0.607. The molecule has 0 spiro atoms. The highest BCUT2D eigenvalue weighted by atomic mass is 15.6. The molecule has 0 aliphatic carbocycles. The lowest BCUT2D eigenvalue weighted by molar-refractivity contribution is 0.726. The molecule has 11 heteroatoms. The number of nitrogens with zero attached hydrogens (tertiary/aromatic N) is 8. The van der Waals surface area contributed by atoms with Crippen LogP contribution in [0.15, 0.2) is 48.1 Å². The molecule has 0 fully saturated rings. The van der Waals surface area contributed by atoms with E-state index < -0.39 is 0 Å². The normalized spacial score (nSPS) is 13.6. The van der Waals surface area contributed by atoms with E-state index >= 15 is 0 Å². The Morgan fingerprint density at radius 1 is 1.35 bits per heavy atom. The van der Waals surface area contributed by atoms with Gasteiger partial charge in [-0.2, -0.15) is 5.21 Å². The molecule has 0 bridgehead atoms. The third-order valence-electron chi connectivity index (χ3n) is 3.78. The molecule has 0 amide bonds. The second-order valence-corrected chi connectivity index (χ2v) is 5.36. The molecule has 1 aliphatic rings. The number of imidazole rings is 1. The third kappa shape index (κ3) is 3.22. The van der Waals surface area contributed by atoms with Crippen molar-refractivity contribution in [2.24, 2.45) is 4.99 Å². The number of aliphatic imine (C=N–C) groups is 1. The number of anilines is 2. The van der Waals surface area contributed by atoms with E-state index in [0.29, 0.717) is 18.4 Å². The second kappa shape index (κ2) is 7.01. The van der Waals surface area contributed by atoms with Gasteiger partial charge in [-0.3, -0.25) is 5.01 Å². The van der Waals surface area contributed by atoms with Crippen LogP contribution in [0.3, 0.4) is 0 Å². The molecule has 0 saturated heterocycles. The monoisotopic (exact) mass is 351 g/mol. The minimum Gasteiger partial charge on any atom is -0.366 e. The lowest BCUT2D eigenvalue weighted by Crippen LogP contribution is -2.41. The molecule has 3 aromatic heterocycles. The summed E-state index contributed by atoms with van der Waals surface area (Å²) in [6, 6.07) is 3.82. The minimum atomic E-state index is 0.369. The summed E-state index contributed by atoms with van der Waals surface area (Å²) in [6.07, 6.45) is 9.16. The van der Waals surface area contributed by atoms with Crippen LogP contribution in [-0.4, -0.2) is 54.3 Å². The van der Waals surface area contributed by atoms with Gasteiger partial charge in [-0.1, -0.05) is 5.10 Å². The van der Waals surface area contributed by atoms with Crippen molar-refractivity contribution >= 4 is 23.3 Å². The van der Waals surface area contributed by atoms with E-state index in [0.717, 1.165) is 23.6 Å². The summed E-state index contributed by atoms with van der Waals surface area (Å²) < 4.78 is 1.91. The largest absolute Gasteiger partial charge is 0.366 e. The number of aromatic nitrogens is 7. The number of amidine groups is 1. The molecule has 1 aliphatic heterocycles. The lowest BCUT2D eigenvalue weighted by Gasteiger charge is -2.26. The molecule has 3 N–H and O–H groups in total. The van der Waals surface area contributed by atoms with Gasteiger partial charge in [0, 0.05) is 42.5 Å². The van der Waals surface area contributed by atoms with Gasteiger partial charge in [-0.15, -0.1) is 5.10 Å². The maximum absolute atomic E-state index is 4.55. The van der Waals surface area contributed by atoms with Crippen molar-refractivity contribution < 1.29 is 0 Å². The first-order chi connectivity index (χ1) is 12.8. The Morgan fingerprint density at radius 2 is 2.31 bits per heavy atom. The molecular weight excluding hydrogens is 334 g/mol. The number of rotatable bonds is 5. The van der Waals surface area contributed by atoms with Gasteiger partial charge in [-0.25, -0.2) is 19.6 Å². The van der Waals surface area contributed by atoms with Crippen molar-refractivity contribution in [2.75, 3.05) is 23.5 Å². The first kappa shape index (κ1) is 15.7. The molecule has 132 valence electrons. The van der Waals surface area contributed by atoms with E-state index in [9.17, 15) is 0 Å². The van der Waals surface area contributed by atoms with Crippen molar-refractivity contribution in [3.8, 4) is 0 Å². The lowest BCUT2D eigenvalue weighted by atomic mass is 10.2. The van der Waals surface area contributed by atoms with Crippen LogP contribution in [-0.2, 0) is 0 Å². The third-order valence-corrected chi connectivity index (χ3v) is 3.78. The Labute approximate surface area is 148 Å². The molecule has 4 heterocycles. The SMILES string of the molecule is CCN(C1=NCNC(c2ccc(Nc3nn[nH]n3)nc2)=C1)n1ccnc1. The highest BCUT2D eigenvalue weighted by molar-refractivity contribution is 6.06. The van der Waals surface area contributed by atoms with Gasteiger partial charge < -0.3 is 10.6 Å². The molecule has 26 heavy (non-hydrogen) atoms. The average Bonchev–Trinajstić information content (AvgIpc) is 3.38. The minimum absolute atomic E-state index is 0.369. The molecule has 0 unspecified atom stereocenters. The van der Waals surface area contributed by atoms with Gasteiger partial charge in [0.05, 0.1) is 0 Å². The highest BCUT2D eigenvalue weighted by Crippen LogP contribution is 2.17. The molecular formula is C15H17N11. The second-order valence-electron chi connectivity index (χ2n) is 5.36. The molecule has 3 aromatic rings. The van der Waals surface area contributed by atoms with Crippen molar-refractivity contribution in [3.63, 3.8) is 0 Å². The van der Waals surface area contributed by atoms with E-state index in [1.54, 1.807) is 18.7 Å². The molecule has 0 radical (unpaired) electrons. The van der Waals surface area contributed by atoms with Crippen LogP contribution in [0.25, 0.3) is 5.70 Å². The molecule has 0 saturated carbocycles. The molecule has 11 nitrogen and oxygen atoms in total. The summed E-state index contributed by atoms with van der Waals surface area (Å²) in [5, 5.41) is 21.8. The van der Waals surface area contributed by atoms with Crippen LogP contribution in [0, 0.1) is 0 Å². The maximum Gasteiger partial charge on any atom is 0.268 e. The Bertz CT molecular complexity index is 894. The summed E-state index contributed by atoms with van der Waals surface area (Å²) in [7, 11) is 0. The van der Waals surface area contributed by atoms with Gasteiger partial charge in [0.2, 0.25) is 0 Å². The standard InChI is InChI=1S/C15H17N11/c1-2-26(25-6-5-16-10-25)14-7-12(18-9-19-14)11-3-4-13(17-8-11)20-15-21-23-24-22-15/h3-8,10,18H,2,9H2,1H3,(H2,17,20,21,22,23,24). The smallest absolute Gasteiger partial charge is 0.268 e. The average molecular weight is 351 g/mol. The van der Waals surface area contributed by atoms with Crippen LogP contribution in [0.5, 0.6) is 0 Å². The van der Waals surface area contributed by atoms with Gasteiger partial charge >= 0.3 is 0 Å². The predicted octanol–water partition coefficient (Wildman–Crippen LogP) is 0.493. The van der Waals surface area contributed by atoms with E-state index in [-0.39, 0.29) is 0 Å². The van der Waals surface area contributed by atoms with Crippen LogP contribution in [0.4, 0.5) is 11.8 Å². The zero-order valence-electron chi connectivity index (χ0n) is 14.0. The topological polar surface area (TPSA) is 125 Å². The van der Waals surface area contributed by atoms with Gasteiger partial charge in [0.1, 0.15) is 24.6 Å². The first-order valence-electron chi connectivity index (χ1n) is 8.06. The van der Waals surface area contributed by atoms with E-state index in [1.807, 2.05) is 34.1 Å². The fourth-order valence-electron chi connectivity index (χ4n) is 2.57. The first-order valence-corrected chi connectivity index (χ1v) is 8.06. The fraction of sp³-hybridized carbons (Fsp3) is 0.200. The maximum atomic E-state index is 4.55. The highest BCUT2D eigenvalue weighted by Gasteiger charge is 2.15. The number of tetrazole rings is 1. The van der Waals surface area contributed by atoms with Crippen LogP contribution in [0.1, 0.15) is 12.5 Å². The Hall–Kier alpha value is -3.76. The molecule has 0 aromatic carbocycles. The number of likely N-dealkylation sites (N-methyl/N-ethyl adjacent to an activating group) is 1. The molecule has 4 rings (SSSR count). The van der Waals surface area contributed by atoms with Crippen LogP contribution in [0.2, 0.25) is 0 Å². The summed E-state index contributed by atoms with van der Waals surface area (Å²) in [5.74, 6) is 1.86. The van der Waals surface area contributed by atoms with E-state index in [1.165, 1.54) is 0 Å². The van der Waals surface area contributed by atoms with Gasteiger partial charge in [0.25, 0.3) is 5.95 Å². The van der Waals surface area contributed by atoms with Crippen molar-refractivity contribution in [2.45, 2.75) is 6.92 Å². The summed E-state index contributed by atoms with van der Waals surface area (Å²) in [5.41, 5.74) is 1.91. The number of aromatic amines is 1. The van der Waals surface area contributed by atoms with E-state index in [2.05, 4.69) is 53.1 Å². The van der Waals surface area contributed by atoms with Gasteiger partial charge in [0.15, 0.2) is 0 Å². The number of H-pyrrole nitrogens is 1. The Kier molecular flexibility index (Phi) is 4.24. The van der Waals surface area contributed by atoms with Crippen LogP contribution < -0.4 is 15.6 Å². The Balaban J connectivity index is 1.53. The number of pyridine rings is 1.